The normalized spacial score (nSPS) is 12.5. The van der Waals surface area contributed by atoms with Gasteiger partial charge in [0.1, 0.15) is 23.5 Å². The van der Waals surface area contributed by atoms with E-state index in [0.29, 0.717) is 33.8 Å². The Morgan fingerprint density at radius 1 is 1.10 bits per heavy atom. The Balaban J connectivity index is 1.61. The molecule has 0 radical (unpaired) electrons. The molecule has 144 valence electrons. The van der Waals surface area contributed by atoms with Crippen LogP contribution in [0.2, 0.25) is 0 Å². The maximum atomic E-state index is 14.8. The minimum atomic E-state index is -0.332. The summed E-state index contributed by atoms with van der Waals surface area (Å²) in [6.07, 6.45) is 4.69. The van der Waals surface area contributed by atoms with Crippen LogP contribution in [0.4, 0.5) is 10.2 Å². The third kappa shape index (κ3) is 2.78. The standard InChI is InChI=1S/C20H17FN8/c1-11(27-19-16-18(24-9-23-16)25-10-26-19)20-28-14-7-6-12(21)15(17(14)29(20)2)13-5-3-4-8-22-13/h3-11H,1-2H3,(H2,23,24,25,26,27)/t11-/m0/s1. The summed E-state index contributed by atoms with van der Waals surface area (Å²) in [4.78, 5) is 24.7. The smallest absolute Gasteiger partial charge is 0.182 e. The molecule has 0 saturated carbocycles. The van der Waals surface area contributed by atoms with Crippen LogP contribution in [0.15, 0.2) is 49.2 Å². The minimum Gasteiger partial charge on any atom is -0.358 e. The summed E-state index contributed by atoms with van der Waals surface area (Å²) in [5.74, 6) is 1.04. The topological polar surface area (TPSA) is 97.2 Å². The van der Waals surface area contributed by atoms with Gasteiger partial charge in [-0.15, -0.1) is 0 Å². The SMILES string of the molecule is C[C@H](Nc1ncnc2nc[nH]c12)c1nc2ccc(F)c(-c3ccccn3)c2n1C. The highest BCUT2D eigenvalue weighted by Crippen LogP contribution is 2.32. The largest absolute Gasteiger partial charge is 0.358 e. The molecule has 9 heteroatoms. The number of hydrogen-bond donors (Lipinski definition) is 2. The number of aromatic amines is 1. The molecular weight excluding hydrogens is 371 g/mol. The van der Waals surface area contributed by atoms with E-state index in [-0.39, 0.29) is 11.9 Å². The van der Waals surface area contributed by atoms with Crippen molar-refractivity contribution >= 4 is 28.0 Å². The summed E-state index contributed by atoms with van der Waals surface area (Å²) in [5, 5.41) is 3.35. The molecule has 0 spiro atoms. The molecule has 2 N–H and O–H groups in total. The third-order valence-corrected chi connectivity index (χ3v) is 4.90. The zero-order chi connectivity index (χ0) is 20.0. The second-order valence-electron chi connectivity index (χ2n) is 6.72. The van der Waals surface area contributed by atoms with Crippen LogP contribution in [0.1, 0.15) is 18.8 Å². The number of fused-ring (bicyclic) bond motifs is 2. The van der Waals surface area contributed by atoms with Crippen LogP contribution in [0.5, 0.6) is 0 Å². The fraction of sp³-hybridized carbons (Fsp3) is 0.150. The second-order valence-corrected chi connectivity index (χ2v) is 6.72. The maximum Gasteiger partial charge on any atom is 0.182 e. The molecule has 4 heterocycles. The van der Waals surface area contributed by atoms with Gasteiger partial charge in [-0.25, -0.2) is 24.3 Å². The number of nitrogens with one attached hydrogen (secondary N) is 2. The first kappa shape index (κ1) is 17.2. The molecule has 0 bridgehead atoms. The molecule has 0 saturated heterocycles. The lowest BCUT2D eigenvalue weighted by Crippen LogP contribution is -2.13. The number of H-pyrrole nitrogens is 1. The fourth-order valence-electron chi connectivity index (χ4n) is 3.58. The predicted molar refractivity (Wildman–Crippen MR) is 108 cm³/mol. The maximum absolute atomic E-state index is 14.8. The van der Waals surface area contributed by atoms with Crippen molar-refractivity contribution in [1.29, 1.82) is 0 Å². The predicted octanol–water partition coefficient (Wildman–Crippen LogP) is 3.61. The molecule has 1 aromatic carbocycles. The van der Waals surface area contributed by atoms with Gasteiger partial charge in [-0.05, 0) is 31.2 Å². The molecule has 0 fully saturated rings. The fourth-order valence-corrected chi connectivity index (χ4v) is 3.58. The number of imidazole rings is 2. The van der Waals surface area contributed by atoms with E-state index in [4.69, 9.17) is 4.98 Å². The van der Waals surface area contributed by atoms with E-state index in [1.54, 1.807) is 30.7 Å². The number of rotatable bonds is 4. The van der Waals surface area contributed by atoms with Gasteiger partial charge < -0.3 is 14.9 Å². The van der Waals surface area contributed by atoms with Crippen molar-refractivity contribution in [2.24, 2.45) is 7.05 Å². The van der Waals surface area contributed by atoms with E-state index >= 15 is 0 Å². The summed E-state index contributed by atoms with van der Waals surface area (Å²) < 4.78 is 16.7. The molecule has 5 rings (SSSR count). The van der Waals surface area contributed by atoms with Gasteiger partial charge in [0.05, 0.1) is 34.7 Å². The number of aromatic nitrogens is 7. The molecule has 0 aliphatic carbocycles. The van der Waals surface area contributed by atoms with Gasteiger partial charge in [-0.2, -0.15) is 0 Å². The highest BCUT2D eigenvalue weighted by atomic mass is 19.1. The lowest BCUT2D eigenvalue weighted by molar-refractivity contribution is 0.631. The van der Waals surface area contributed by atoms with Gasteiger partial charge in [-0.3, -0.25) is 4.98 Å². The van der Waals surface area contributed by atoms with Crippen molar-refractivity contribution in [3.8, 4) is 11.3 Å². The molecule has 5 aromatic rings. The Bertz CT molecular complexity index is 1320. The molecule has 8 nitrogen and oxygen atoms in total. The van der Waals surface area contributed by atoms with E-state index in [0.717, 1.165) is 11.3 Å². The summed E-state index contributed by atoms with van der Waals surface area (Å²) in [6.45, 7) is 1.97. The van der Waals surface area contributed by atoms with Crippen LogP contribution in [-0.4, -0.2) is 34.5 Å². The molecule has 0 aliphatic heterocycles. The van der Waals surface area contributed by atoms with Crippen molar-refractivity contribution in [2.75, 3.05) is 5.32 Å². The zero-order valence-corrected chi connectivity index (χ0v) is 15.8. The number of benzene rings is 1. The van der Waals surface area contributed by atoms with Gasteiger partial charge in [0, 0.05) is 13.2 Å². The van der Waals surface area contributed by atoms with Crippen molar-refractivity contribution < 1.29 is 4.39 Å². The van der Waals surface area contributed by atoms with Crippen LogP contribution < -0.4 is 5.32 Å². The number of halogens is 1. The number of aryl methyl sites for hydroxylation is 1. The van der Waals surface area contributed by atoms with E-state index < -0.39 is 0 Å². The first-order chi connectivity index (χ1) is 14.1. The lowest BCUT2D eigenvalue weighted by Gasteiger charge is -2.15. The number of anilines is 1. The zero-order valence-electron chi connectivity index (χ0n) is 15.8. The molecule has 0 unspecified atom stereocenters. The Hall–Kier alpha value is -3.88. The van der Waals surface area contributed by atoms with E-state index in [1.165, 1.54) is 12.4 Å². The van der Waals surface area contributed by atoms with Crippen molar-refractivity contribution in [3.05, 3.63) is 60.8 Å². The van der Waals surface area contributed by atoms with Crippen molar-refractivity contribution in [3.63, 3.8) is 0 Å². The van der Waals surface area contributed by atoms with Gasteiger partial charge in [-0.1, -0.05) is 6.07 Å². The van der Waals surface area contributed by atoms with Gasteiger partial charge in [0.25, 0.3) is 0 Å². The Morgan fingerprint density at radius 3 is 2.83 bits per heavy atom. The minimum absolute atomic E-state index is 0.201. The van der Waals surface area contributed by atoms with Crippen LogP contribution in [0.25, 0.3) is 33.5 Å². The average Bonchev–Trinajstić information content (AvgIpc) is 3.34. The number of nitrogens with zero attached hydrogens (tertiary/aromatic N) is 6. The summed E-state index contributed by atoms with van der Waals surface area (Å²) >= 11 is 0. The molecule has 0 amide bonds. The van der Waals surface area contributed by atoms with E-state index in [1.807, 2.05) is 24.6 Å². The van der Waals surface area contributed by atoms with Gasteiger partial charge in [0.15, 0.2) is 11.5 Å². The second kappa shape index (κ2) is 6.62. The number of pyridine rings is 1. The quantitative estimate of drug-likeness (QED) is 0.488. The molecule has 29 heavy (non-hydrogen) atoms. The highest BCUT2D eigenvalue weighted by molar-refractivity contribution is 5.92. The van der Waals surface area contributed by atoms with Gasteiger partial charge >= 0.3 is 0 Å². The van der Waals surface area contributed by atoms with Crippen LogP contribution in [-0.2, 0) is 7.05 Å². The van der Waals surface area contributed by atoms with Crippen LogP contribution in [0, 0.1) is 5.82 Å². The first-order valence-electron chi connectivity index (χ1n) is 9.10. The highest BCUT2D eigenvalue weighted by Gasteiger charge is 2.21. The van der Waals surface area contributed by atoms with Gasteiger partial charge in [0.2, 0.25) is 0 Å². The molecular formula is C20H17FN8. The third-order valence-electron chi connectivity index (χ3n) is 4.90. The van der Waals surface area contributed by atoms with E-state index in [9.17, 15) is 4.39 Å². The van der Waals surface area contributed by atoms with Crippen LogP contribution >= 0.6 is 0 Å². The monoisotopic (exact) mass is 388 g/mol. The van der Waals surface area contributed by atoms with E-state index in [2.05, 4.69) is 30.2 Å². The molecule has 1 atom stereocenters. The van der Waals surface area contributed by atoms with Crippen LogP contribution in [0.3, 0.4) is 0 Å². The van der Waals surface area contributed by atoms with Crippen molar-refractivity contribution in [1.82, 2.24) is 34.5 Å². The molecule has 4 aromatic heterocycles. The first-order valence-corrected chi connectivity index (χ1v) is 9.10. The summed E-state index contributed by atoms with van der Waals surface area (Å²) in [5.41, 5.74) is 3.71. The Kier molecular flexibility index (Phi) is 3.94. The lowest BCUT2D eigenvalue weighted by atomic mass is 10.1. The molecule has 0 aliphatic rings. The van der Waals surface area contributed by atoms with Crippen molar-refractivity contribution in [2.45, 2.75) is 13.0 Å². The average molecular weight is 388 g/mol. The Labute approximate surface area is 164 Å². The summed E-state index contributed by atoms with van der Waals surface area (Å²) in [6, 6.07) is 8.35. The number of hydrogen-bond acceptors (Lipinski definition) is 6. The summed E-state index contributed by atoms with van der Waals surface area (Å²) in [7, 11) is 1.88. The Morgan fingerprint density at radius 2 is 2.00 bits per heavy atom.